The summed E-state index contributed by atoms with van der Waals surface area (Å²) in [4.78, 5) is 10.3. The highest BCUT2D eigenvalue weighted by Crippen LogP contribution is 2.27. The van der Waals surface area contributed by atoms with Gasteiger partial charge in [-0.3, -0.25) is 10.1 Å². The van der Waals surface area contributed by atoms with Crippen molar-refractivity contribution in [2.75, 3.05) is 0 Å². The third kappa shape index (κ3) is 2.67. The first-order chi connectivity index (χ1) is 6.30. The summed E-state index contributed by atoms with van der Waals surface area (Å²) in [7, 11) is 0. The Balaban J connectivity index is 3.28. The summed E-state index contributed by atoms with van der Waals surface area (Å²) in [6.07, 6.45) is 0. The summed E-state index contributed by atoms with van der Waals surface area (Å²) in [6, 6.07) is 5.20. The topological polar surface area (TPSA) is 43.1 Å². The molecule has 0 heterocycles. The van der Waals surface area contributed by atoms with Crippen LogP contribution >= 0.6 is 22.6 Å². The van der Waals surface area contributed by atoms with Gasteiger partial charge in [0.15, 0.2) is 0 Å². The Morgan fingerprint density at radius 3 is 2.29 bits per heavy atom. The molecule has 0 amide bonds. The summed E-state index contributed by atoms with van der Waals surface area (Å²) in [5.41, 5.74) is 1.12. The number of nitro benzene ring substituents is 1. The molecule has 0 fully saturated rings. The van der Waals surface area contributed by atoms with Crippen LogP contribution in [0.5, 0.6) is 0 Å². The van der Waals surface area contributed by atoms with E-state index < -0.39 is 0 Å². The zero-order chi connectivity index (χ0) is 10.9. The number of hydrogen-bond donors (Lipinski definition) is 0. The SMILES string of the molecule is CC(C)(C)c1cc(I)cc([N+](=O)[O-])c1. The molecule has 0 aliphatic heterocycles. The normalized spacial score (nSPS) is 11.4. The van der Waals surface area contributed by atoms with Crippen molar-refractivity contribution in [2.45, 2.75) is 26.2 Å². The minimum atomic E-state index is -0.350. The molecule has 0 aromatic heterocycles. The van der Waals surface area contributed by atoms with E-state index in [0.29, 0.717) is 0 Å². The van der Waals surface area contributed by atoms with Gasteiger partial charge in [0.1, 0.15) is 0 Å². The maximum Gasteiger partial charge on any atom is 0.270 e. The highest BCUT2D eigenvalue weighted by atomic mass is 127. The van der Waals surface area contributed by atoms with Gasteiger partial charge in [-0.05, 0) is 39.6 Å². The van der Waals surface area contributed by atoms with Crippen molar-refractivity contribution in [3.8, 4) is 0 Å². The van der Waals surface area contributed by atoms with Gasteiger partial charge in [0, 0.05) is 15.7 Å². The molecule has 0 radical (unpaired) electrons. The van der Waals surface area contributed by atoms with E-state index in [0.717, 1.165) is 9.13 Å². The van der Waals surface area contributed by atoms with Crippen molar-refractivity contribution in [2.24, 2.45) is 0 Å². The molecule has 0 spiro atoms. The van der Waals surface area contributed by atoms with E-state index in [4.69, 9.17) is 0 Å². The van der Waals surface area contributed by atoms with E-state index in [-0.39, 0.29) is 16.0 Å². The van der Waals surface area contributed by atoms with Crippen molar-refractivity contribution in [1.82, 2.24) is 0 Å². The second-order valence-electron chi connectivity index (χ2n) is 4.21. The Bertz CT molecular complexity index is 369. The fourth-order valence-corrected chi connectivity index (χ4v) is 1.77. The lowest BCUT2D eigenvalue weighted by molar-refractivity contribution is -0.385. The molecule has 4 heteroatoms. The van der Waals surface area contributed by atoms with Crippen LogP contribution in [-0.4, -0.2) is 4.92 Å². The number of benzene rings is 1. The maximum absolute atomic E-state index is 10.6. The largest absolute Gasteiger partial charge is 0.270 e. The van der Waals surface area contributed by atoms with E-state index in [1.165, 1.54) is 0 Å². The Morgan fingerprint density at radius 2 is 1.86 bits per heavy atom. The molecular weight excluding hydrogens is 293 g/mol. The molecule has 1 aromatic carbocycles. The Morgan fingerprint density at radius 1 is 1.29 bits per heavy atom. The van der Waals surface area contributed by atoms with E-state index in [9.17, 15) is 10.1 Å². The first kappa shape index (κ1) is 11.4. The Kier molecular flexibility index (Phi) is 3.14. The van der Waals surface area contributed by atoms with E-state index in [1.54, 1.807) is 12.1 Å². The summed E-state index contributed by atoms with van der Waals surface area (Å²) < 4.78 is 0.904. The molecule has 0 saturated heterocycles. The van der Waals surface area contributed by atoms with Crippen LogP contribution in [0.1, 0.15) is 26.3 Å². The second-order valence-corrected chi connectivity index (χ2v) is 5.45. The molecule has 3 nitrogen and oxygen atoms in total. The third-order valence-electron chi connectivity index (χ3n) is 1.96. The lowest BCUT2D eigenvalue weighted by Crippen LogP contribution is -2.11. The van der Waals surface area contributed by atoms with Crippen LogP contribution in [0.3, 0.4) is 0 Å². The van der Waals surface area contributed by atoms with Crippen LogP contribution in [0.4, 0.5) is 5.69 Å². The van der Waals surface area contributed by atoms with Crippen molar-refractivity contribution < 1.29 is 4.92 Å². The van der Waals surface area contributed by atoms with Crippen LogP contribution in [0, 0.1) is 13.7 Å². The fraction of sp³-hybridized carbons (Fsp3) is 0.400. The molecular formula is C10H12INO2. The van der Waals surface area contributed by atoms with Crippen LogP contribution in [0.2, 0.25) is 0 Å². The zero-order valence-electron chi connectivity index (χ0n) is 8.37. The third-order valence-corrected chi connectivity index (χ3v) is 2.58. The smallest absolute Gasteiger partial charge is 0.258 e. The fourth-order valence-electron chi connectivity index (χ4n) is 1.11. The predicted octanol–water partition coefficient (Wildman–Crippen LogP) is 3.50. The van der Waals surface area contributed by atoms with Gasteiger partial charge in [0.25, 0.3) is 5.69 Å². The molecule has 1 aromatic rings. The first-order valence-electron chi connectivity index (χ1n) is 4.26. The van der Waals surface area contributed by atoms with Crippen LogP contribution in [-0.2, 0) is 5.41 Å². The van der Waals surface area contributed by atoms with Crippen molar-refractivity contribution >= 4 is 28.3 Å². The average molecular weight is 305 g/mol. The van der Waals surface area contributed by atoms with Gasteiger partial charge >= 0.3 is 0 Å². The molecule has 0 atom stereocenters. The predicted molar refractivity (Wildman–Crippen MR) is 64.5 cm³/mol. The van der Waals surface area contributed by atoms with Crippen LogP contribution in [0.15, 0.2) is 18.2 Å². The Hall–Kier alpha value is -0.650. The van der Waals surface area contributed by atoms with Gasteiger partial charge in [0.05, 0.1) is 4.92 Å². The number of rotatable bonds is 1. The van der Waals surface area contributed by atoms with E-state index >= 15 is 0 Å². The monoisotopic (exact) mass is 305 g/mol. The van der Waals surface area contributed by atoms with E-state index in [1.807, 2.05) is 26.8 Å². The number of hydrogen-bond acceptors (Lipinski definition) is 2. The molecule has 0 aliphatic rings. The highest BCUT2D eigenvalue weighted by Gasteiger charge is 2.18. The minimum absolute atomic E-state index is 0.0497. The van der Waals surface area contributed by atoms with Crippen molar-refractivity contribution in [1.29, 1.82) is 0 Å². The lowest BCUT2D eigenvalue weighted by Gasteiger charge is -2.18. The zero-order valence-corrected chi connectivity index (χ0v) is 10.5. The van der Waals surface area contributed by atoms with Gasteiger partial charge in [-0.15, -0.1) is 0 Å². The summed E-state index contributed by atoms with van der Waals surface area (Å²) in [5.74, 6) is 0. The summed E-state index contributed by atoms with van der Waals surface area (Å²) >= 11 is 2.10. The molecule has 1 rings (SSSR count). The van der Waals surface area contributed by atoms with Gasteiger partial charge in [-0.2, -0.15) is 0 Å². The van der Waals surface area contributed by atoms with Gasteiger partial charge in [-0.1, -0.05) is 20.8 Å². The maximum atomic E-state index is 10.6. The molecule has 0 bridgehead atoms. The summed E-state index contributed by atoms with van der Waals surface area (Å²) in [6.45, 7) is 6.13. The van der Waals surface area contributed by atoms with Gasteiger partial charge in [0.2, 0.25) is 0 Å². The number of nitrogens with zero attached hydrogens (tertiary/aromatic N) is 1. The van der Waals surface area contributed by atoms with Gasteiger partial charge < -0.3 is 0 Å². The molecule has 0 unspecified atom stereocenters. The molecule has 0 N–H and O–H groups in total. The number of non-ortho nitro benzene ring substituents is 1. The van der Waals surface area contributed by atoms with Crippen molar-refractivity contribution in [3.05, 3.63) is 37.4 Å². The first-order valence-corrected chi connectivity index (χ1v) is 5.34. The standard InChI is InChI=1S/C10H12INO2/c1-10(2,3)7-4-8(11)6-9(5-7)12(13)14/h4-6H,1-3H3. The molecule has 14 heavy (non-hydrogen) atoms. The summed E-state index contributed by atoms with van der Waals surface area (Å²) in [5, 5.41) is 10.6. The average Bonchev–Trinajstić information content (AvgIpc) is 2.01. The second kappa shape index (κ2) is 3.84. The lowest BCUT2D eigenvalue weighted by atomic mass is 9.87. The van der Waals surface area contributed by atoms with Crippen LogP contribution in [0.25, 0.3) is 0 Å². The quantitative estimate of drug-likeness (QED) is 0.453. The van der Waals surface area contributed by atoms with Crippen LogP contribution < -0.4 is 0 Å². The minimum Gasteiger partial charge on any atom is -0.258 e. The Labute approximate surface area is 96.8 Å². The van der Waals surface area contributed by atoms with Crippen molar-refractivity contribution in [3.63, 3.8) is 0 Å². The molecule has 0 aliphatic carbocycles. The van der Waals surface area contributed by atoms with Gasteiger partial charge in [-0.25, -0.2) is 0 Å². The highest BCUT2D eigenvalue weighted by molar-refractivity contribution is 14.1. The number of halogens is 1. The van der Waals surface area contributed by atoms with E-state index in [2.05, 4.69) is 22.6 Å². The number of nitro groups is 1. The molecule has 0 saturated carbocycles. The molecule has 76 valence electrons.